The van der Waals surface area contributed by atoms with E-state index in [9.17, 15) is 23.2 Å². The molecule has 0 aliphatic rings. The number of nitrogens with zero attached hydrogens (tertiary/aromatic N) is 1. The van der Waals surface area contributed by atoms with Crippen LogP contribution in [0.4, 0.5) is 18.9 Å². The van der Waals surface area contributed by atoms with Gasteiger partial charge in [-0.2, -0.15) is 18.4 Å². The summed E-state index contributed by atoms with van der Waals surface area (Å²) in [6, 6.07) is 15.4. The average molecular weight is 627 g/mol. The number of ether oxygens (including phenoxy) is 2. The molecule has 3 aromatic carbocycles. The first-order valence-corrected chi connectivity index (χ1v) is 11.8. The number of nitrogens with one attached hydrogen (secondary N) is 1. The third-order valence-corrected chi connectivity index (χ3v) is 6.23. The predicted molar refractivity (Wildman–Crippen MR) is 140 cm³/mol. The number of aryl methyl sites for hydroxylation is 1. The number of amides is 1. The number of nitriles is 1. The maximum absolute atomic E-state index is 13.0. The summed E-state index contributed by atoms with van der Waals surface area (Å²) < 4.78 is 51.2. The fraction of sp³-hybridized carbons (Fsp3) is 0.154. The summed E-state index contributed by atoms with van der Waals surface area (Å²) in [4.78, 5) is 12.7. The lowest BCUT2D eigenvalue weighted by Gasteiger charge is -2.15. The molecule has 1 N–H and O–H groups in total. The van der Waals surface area contributed by atoms with E-state index in [0.29, 0.717) is 33.3 Å². The van der Waals surface area contributed by atoms with Crippen molar-refractivity contribution in [1.29, 1.82) is 5.26 Å². The lowest BCUT2D eigenvalue weighted by atomic mass is 10.1. The molecule has 0 heterocycles. The molecule has 0 bridgehead atoms. The van der Waals surface area contributed by atoms with Gasteiger partial charge in [-0.05, 0) is 82.6 Å². The van der Waals surface area contributed by atoms with Crippen LogP contribution in [-0.4, -0.2) is 13.0 Å². The zero-order valence-electron chi connectivity index (χ0n) is 19.0. The first-order chi connectivity index (χ1) is 17.0. The highest BCUT2D eigenvalue weighted by molar-refractivity contribution is 14.1. The number of methoxy groups -OCH3 is 1. The fourth-order valence-electron chi connectivity index (χ4n) is 3.19. The van der Waals surface area contributed by atoms with Crippen LogP contribution in [0, 0.1) is 21.8 Å². The quantitative estimate of drug-likeness (QED) is 0.169. The van der Waals surface area contributed by atoms with Crippen molar-refractivity contribution in [2.75, 3.05) is 12.4 Å². The number of hydrogen-bond donors (Lipinski definition) is 1. The Morgan fingerprint density at radius 1 is 1.19 bits per heavy atom. The predicted octanol–water partition coefficient (Wildman–Crippen LogP) is 7.41. The molecule has 0 fully saturated rings. The summed E-state index contributed by atoms with van der Waals surface area (Å²) in [7, 11) is 1.47. The van der Waals surface area contributed by atoms with Crippen molar-refractivity contribution < 1.29 is 27.4 Å². The third-order valence-electron chi connectivity index (χ3n) is 5.10. The molecular formula is C26H19ClF3IN2O3. The normalized spacial score (nSPS) is 11.6. The third kappa shape index (κ3) is 6.71. The number of carbonyl (C=O) groups is 1. The molecule has 1 amide bonds. The van der Waals surface area contributed by atoms with Crippen LogP contribution in [0.5, 0.6) is 11.5 Å². The summed E-state index contributed by atoms with van der Waals surface area (Å²) in [6.07, 6.45) is -3.32. The van der Waals surface area contributed by atoms with Gasteiger partial charge in [0, 0.05) is 0 Å². The number of hydrogen-bond acceptors (Lipinski definition) is 4. The minimum Gasteiger partial charge on any atom is -0.493 e. The second-order valence-electron chi connectivity index (χ2n) is 7.57. The number of alkyl halides is 3. The minimum atomic E-state index is -4.62. The molecule has 0 aliphatic carbocycles. The number of carbonyl (C=O) groups excluding carboxylic acids is 1. The van der Waals surface area contributed by atoms with Gasteiger partial charge in [-0.25, -0.2) is 0 Å². The van der Waals surface area contributed by atoms with Gasteiger partial charge in [0.25, 0.3) is 5.91 Å². The van der Waals surface area contributed by atoms with E-state index in [1.54, 1.807) is 18.2 Å². The van der Waals surface area contributed by atoms with Crippen molar-refractivity contribution in [3.63, 3.8) is 0 Å². The van der Waals surface area contributed by atoms with Crippen LogP contribution in [0.25, 0.3) is 6.08 Å². The SMILES string of the molecule is COc1cc(/C=C(\C#N)C(=O)Nc2cc(C(F)(F)F)ccc2Cl)cc(I)c1OCc1ccccc1C. The molecule has 5 nitrogen and oxygen atoms in total. The highest BCUT2D eigenvalue weighted by atomic mass is 127. The van der Waals surface area contributed by atoms with Gasteiger partial charge in [0.1, 0.15) is 18.2 Å². The van der Waals surface area contributed by atoms with Gasteiger partial charge in [0.2, 0.25) is 0 Å². The van der Waals surface area contributed by atoms with E-state index >= 15 is 0 Å². The molecule has 186 valence electrons. The Bertz CT molecular complexity index is 1370. The summed E-state index contributed by atoms with van der Waals surface area (Å²) in [5.41, 5.74) is 0.971. The van der Waals surface area contributed by atoms with E-state index in [0.717, 1.165) is 23.3 Å². The van der Waals surface area contributed by atoms with E-state index in [2.05, 4.69) is 27.9 Å². The van der Waals surface area contributed by atoms with Crippen molar-refractivity contribution in [2.45, 2.75) is 19.7 Å². The van der Waals surface area contributed by atoms with Crippen LogP contribution in [-0.2, 0) is 17.6 Å². The van der Waals surface area contributed by atoms with Crippen molar-refractivity contribution in [3.8, 4) is 17.6 Å². The van der Waals surface area contributed by atoms with Crippen molar-refractivity contribution in [1.82, 2.24) is 0 Å². The Hall–Kier alpha value is -3.23. The lowest BCUT2D eigenvalue weighted by Crippen LogP contribution is -2.15. The number of rotatable bonds is 7. The Morgan fingerprint density at radius 3 is 2.56 bits per heavy atom. The van der Waals surface area contributed by atoms with Crippen LogP contribution >= 0.6 is 34.2 Å². The number of halogens is 5. The molecule has 36 heavy (non-hydrogen) atoms. The monoisotopic (exact) mass is 626 g/mol. The Balaban J connectivity index is 1.86. The Kier molecular flexibility index (Phi) is 8.87. The van der Waals surface area contributed by atoms with Crippen LogP contribution in [0.2, 0.25) is 5.02 Å². The summed E-state index contributed by atoms with van der Waals surface area (Å²) in [6.45, 7) is 2.30. The molecule has 0 saturated carbocycles. The van der Waals surface area contributed by atoms with Crippen molar-refractivity contribution in [3.05, 3.63) is 91.0 Å². The van der Waals surface area contributed by atoms with Gasteiger partial charge in [-0.1, -0.05) is 35.9 Å². The Morgan fingerprint density at radius 2 is 1.92 bits per heavy atom. The summed E-state index contributed by atoms with van der Waals surface area (Å²) in [5, 5.41) is 11.7. The molecule has 0 spiro atoms. The maximum atomic E-state index is 13.0. The molecule has 0 unspecified atom stereocenters. The van der Waals surface area contributed by atoms with E-state index < -0.39 is 17.6 Å². The van der Waals surface area contributed by atoms with Crippen LogP contribution in [0.15, 0.2) is 60.2 Å². The first kappa shape index (κ1) is 27.4. The molecule has 0 atom stereocenters. The van der Waals surface area contributed by atoms with Gasteiger partial charge in [-0.15, -0.1) is 0 Å². The van der Waals surface area contributed by atoms with E-state index in [-0.39, 0.29) is 16.3 Å². The van der Waals surface area contributed by atoms with Crippen molar-refractivity contribution >= 4 is 51.9 Å². The molecule has 3 rings (SSSR count). The molecular weight excluding hydrogens is 608 g/mol. The van der Waals surface area contributed by atoms with Gasteiger partial charge in [0.05, 0.1) is 27.0 Å². The topological polar surface area (TPSA) is 71.3 Å². The number of anilines is 1. The molecule has 0 aliphatic heterocycles. The minimum absolute atomic E-state index is 0.0972. The summed E-state index contributed by atoms with van der Waals surface area (Å²) in [5.74, 6) is -0.0230. The van der Waals surface area contributed by atoms with Gasteiger partial charge >= 0.3 is 6.18 Å². The standard InChI is InChI=1S/C26H19ClF3IN2O3/c1-15-5-3-4-6-17(15)14-36-24-21(31)10-16(11-23(24)35-2)9-18(13-32)25(34)33-22-12-19(26(28,29)30)7-8-20(22)27/h3-12H,14H2,1-2H3,(H,33,34)/b18-9+. The molecule has 3 aromatic rings. The lowest BCUT2D eigenvalue weighted by molar-refractivity contribution is -0.137. The number of benzene rings is 3. The van der Waals surface area contributed by atoms with E-state index in [1.165, 1.54) is 13.2 Å². The average Bonchev–Trinajstić information content (AvgIpc) is 2.83. The first-order valence-electron chi connectivity index (χ1n) is 10.4. The van der Waals surface area contributed by atoms with E-state index in [1.807, 2.05) is 31.2 Å². The highest BCUT2D eigenvalue weighted by Crippen LogP contribution is 2.36. The van der Waals surface area contributed by atoms with E-state index in [4.69, 9.17) is 21.1 Å². The van der Waals surface area contributed by atoms with Crippen molar-refractivity contribution in [2.24, 2.45) is 0 Å². The summed E-state index contributed by atoms with van der Waals surface area (Å²) >= 11 is 8.00. The van der Waals surface area contributed by atoms with Crippen LogP contribution < -0.4 is 14.8 Å². The smallest absolute Gasteiger partial charge is 0.416 e. The fourth-order valence-corrected chi connectivity index (χ4v) is 4.13. The van der Waals surface area contributed by atoms with Gasteiger partial charge in [-0.3, -0.25) is 4.79 Å². The van der Waals surface area contributed by atoms with Crippen LogP contribution in [0.3, 0.4) is 0 Å². The zero-order valence-corrected chi connectivity index (χ0v) is 22.0. The van der Waals surface area contributed by atoms with Crippen LogP contribution in [0.1, 0.15) is 22.3 Å². The zero-order chi connectivity index (χ0) is 26.5. The van der Waals surface area contributed by atoms with Gasteiger partial charge in [0.15, 0.2) is 11.5 Å². The second kappa shape index (κ2) is 11.7. The highest BCUT2D eigenvalue weighted by Gasteiger charge is 2.31. The molecule has 0 radical (unpaired) electrons. The second-order valence-corrected chi connectivity index (χ2v) is 9.13. The Labute approximate surface area is 224 Å². The maximum Gasteiger partial charge on any atom is 0.416 e. The van der Waals surface area contributed by atoms with Gasteiger partial charge < -0.3 is 14.8 Å². The molecule has 10 heteroatoms. The molecule has 0 aromatic heterocycles. The molecule has 0 saturated heterocycles. The largest absolute Gasteiger partial charge is 0.493 e.